The largest absolute Gasteiger partial charge is 0.330 e. The van der Waals surface area contributed by atoms with Gasteiger partial charge in [0.2, 0.25) is 0 Å². The number of rotatable bonds is 2. The standard InChI is InChI=1S/C8H10ClFN2O3/c1-5-4-11(3-2-10)6(13)7(14)12(5)8(9)15/h5H,2-4H2,1H3/t5-/m0/s1. The fraction of sp³-hybridized carbons (Fsp3) is 0.625. The molecule has 1 fully saturated rings. The molecule has 0 spiro atoms. The van der Waals surface area contributed by atoms with E-state index in [0.29, 0.717) is 4.90 Å². The number of nitrogens with zero attached hydrogens (tertiary/aromatic N) is 2. The van der Waals surface area contributed by atoms with Crippen molar-refractivity contribution in [3.63, 3.8) is 0 Å². The lowest BCUT2D eigenvalue weighted by molar-refractivity contribution is -0.155. The van der Waals surface area contributed by atoms with Crippen LogP contribution in [-0.2, 0) is 9.59 Å². The normalized spacial score (nSPS) is 22.2. The van der Waals surface area contributed by atoms with Crippen molar-refractivity contribution in [2.24, 2.45) is 0 Å². The highest BCUT2D eigenvalue weighted by atomic mass is 35.5. The molecule has 7 heteroatoms. The first kappa shape index (κ1) is 11.9. The maximum atomic E-state index is 12.0. The number of amides is 3. The summed E-state index contributed by atoms with van der Waals surface area (Å²) in [5.74, 6) is -1.89. The SMILES string of the molecule is C[C@H]1CN(CCF)C(=O)C(=O)N1C(=O)Cl. The third kappa shape index (κ3) is 2.26. The van der Waals surface area contributed by atoms with Gasteiger partial charge in [-0.05, 0) is 18.5 Å². The van der Waals surface area contributed by atoms with Gasteiger partial charge in [0, 0.05) is 13.1 Å². The number of piperazine rings is 1. The van der Waals surface area contributed by atoms with Crippen molar-refractivity contribution in [1.29, 1.82) is 0 Å². The highest BCUT2D eigenvalue weighted by Crippen LogP contribution is 2.14. The van der Waals surface area contributed by atoms with Crippen molar-refractivity contribution in [2.45, 2.75) is 13.0 Å². The quantitative estimate of drug-likeness (QED) is 0.396. The summed E-state index contributed by atoms with van der Waals surface area (Å²) in [7, 11) is 0. The van der Waals surface area contributed by atoms with Crippen molar-refractivity contribution in [3.8, 4) is 0 Å². The molecule has 0 N–H and O–H groups in total. The minimum Gasteiger partial charge on any atom is -0.330 e. The predicted octanol–water partition coefficient (Wildman–Crippen LogP) is 0.374. The molecule has 15 heavy (non-hydrogen) atoms. The van der Waals surface area contributed by atoms with E-state index in [1.54, 1.807) is 6.92 Å². The van der Waals surface area contributed by atoms with E-state index in [1.807, 2.05) is 0 Å². The number of hydrogen-bond donors (Lipinski definition) is 0. The van der Waals surface area contributed by atoms with E-state index < -0.39 is 29.9 Å². The van der Waals surface area contributed by atoms with Crippen LogP contribution in [0, 0.1) is 0 Å². The Morgan fingerprint density at radius 2 is 2.13 bits per heavy atom. The summed E-state index contributed by atoms with van der Waals surface area (Å²) >= 11 is 5.16. The first-order valence-corrected chi connectivity index (χ1v) is 4.74. The molecular weight excluding hydrogens is 227 g/mol. The molecule has 1 rings (SSSR count). The van der Waals surface area contributed by atoms with Gasteiger partial charge in [-0.3, -0.25) is 19.3 Å². The number of carbonyl (C=O) groups is 3. The molecule has 1 atom stereocenters. The van der Waals surface area contributed by atoms with E-state index >= 15 is 0 Å². The maximum absolute atomic E-state index is 12.0. The zero-order valence-corrected chi connectivity index (χ0v) is 8.83. The monoisotopic (exact) mass is 236 g/mol. The highest BCUT2D eigenvalue weighted by molar-refractivity contribution is 6.65. The average molecular weight is 237 g/mol. The number of halogens is 2. The summed E-state index contributed by atoms with van der Waals surface area (Å²) in [5, 5.41) is -0.985. The lowest BCUT2D eigenvalue weighted by atomic mass is 10.2. The first-order chi connectivity index (χ1) is 6.99. The third-order valence-electron chi connectivity index (χ3n) is 2.16. The Bertz CT molecular complexity index is 310. The highest BCUT2D eigenvalue weighted by Gasteiger charge is 2.39. The fourth-order valence-corrected chi connectivity index (χ4v) is 1.71. The van der Waals surface area contributed by atoms with Crippen molar-refractivity contribution in [3.05, 3.63) is 0 Å². The van der Waals surface area contributed by atoms with E-state index in [2.05, 4.69) is 0 Å². The van der Waals surface area contributed by atoms with Crippen LogP contribution in [0.15, 0.2) is 0 Å². The van der Waals surface area contributed by atoms with Gasteiger partial charge in [0.15, 0.2) is 0 Å². The van der Waals surface area contributed by atoms with Crippen LogP contribution in [-0.4, -0.2) is 52.8 Å². The molecule has 0 aromatic rings. The van der Waals surface area contributed by atoms with E-state index in [0.717, 1.165) is 4.90 Å². The summed E-state index contributed by atoms with van der Waals surface area (Å²) in [6.07, 6.45) is 0. The molecule has 1 heterocycles. The van der Waals surface area contributed by atoms with Crippen LogP contribution >= 0.6 is 11.6 Å². The van der Waals surface area contributed by atoms with Gasteiger partial charge in [-0.2, -0.15) is 0 Å². The van der Waals surface area contributed by atoms with Crippen molar-refractivity contribution < 1.29 is 18.8 Å². The molecule has 1 aliphatic heterocycles. The lowest BCUT2D eigenvalue weighted by Crippen LogP contribution is -2.59. The molecule has 0 bridgehead atoms. The number of carbonyl (C=O) groups excluding carboxylic acids is 3. The lowest BCUT2D eigenvalue weighted by Gasteiger charge is -2.35. The van der Waals surface area contributed by atoms with Gasteiger partial charge < -0.3 is 4.90 Å². The molecule has 5 nitrogen and oxygen atoms in total. The maximum Gasteiger partial charge on any atom is 0.323 e. The van der Waals surface area contributed by atoms with Crippen molar-refractivity contribution in [2.75, 3.05) is 19.8 Å². The molecule has 0 saturated carbocycles. The van der Waals surface area contributed by atoms with Gasteiger partial charge in [-0.25, -0.2) is 4.39 Å². The number of alkyl halides is 1. The summed E-state index contributed by atoms with van der Waals surface area (Å²) < 4.78 is 12.0. The Hall–Kier alpha value is -1.17. The van der Waals surface area contributed by atoms with Crippen LogP contribution in [0.2, 0.25) is 0 Å². The first-order valence-electron chi connectivity index (χ1n) is 4.37. The fourth-order valence-electron chi connectivity index (χ4n) is 1.47. The van der Waals surface area contributed by atoms with Gasteiger partial charge in [0.05, 0.1) is 6.04 Å². The molecule has 84 valence electrons. The molecule has 0 aromatic heterocycles. The van der Waals surface area contributed by atoms with Gasteiger partial charge in [-0.1, -0.05) is 0 Å². The zero-order valence-electron chi connectivity index (χ0n) is 8.07. The van der Waals surface area contributed by atoms with E-state index in [4.69, 9.17) is 11.6 Å². The molecular formula is C8H10ClFN2O3. The Kier molecular flexibility index (Phi) is 3.62. The molecule has 0 aliphatic carbocycles. The second-order valence-electron chi connectivity index (χ2n) is 3.22. The molecule has 0 unspecified atom stereocenters. The smallest absolute Gasteiger partial charge is 0.323 e. The van der Waals surface area contributed by atoms with Gasteiger partial charge in [-0.15, -0.1) is 0 Å². The average Bonchev–Trinajstić information content (AvgIpc) is 2.13. The van der Waals surface area contributed by atoms with Crippen LogP contribution < -0.4 is 0 Å². The van der Waals surface area contributed by atoms with Crippen LogP contribution in [0.3, 0.4) is 0 Å². The number of hydrogen-bond acceptors (Lipinski definition) is 3. The molecule has 0 radical (unpaired) electrons. The molecule has 1 saturated heterocycles. The summed E-state index contributed by atoms with van der Waals surface area (Å²) in [5.41, 5.74) is 0. The van der Waals surface area contributed by atoms with Crippen LogP contribution in [0.1, 0.15) is 6.92 Å². The Labute approximate surface area is 90.8 Å². The van der Waals surface area contributed by atoms with Crippen molar-refractivity contribution >= 4 is 28.8 Å². The van der Waals surface area contributed by atoms with Crippen LogP contribution in [0.25, 0.3) is 0 Å². The minimum atomic E-state index is -0.998. The van der Waals surface area contributed by atoms with E-state index in [9.17, 15) is 18.8 Å². The zero-order chi connectivity index (χ0) is 11.6. The second-order valence-corrected chi connectivity index (χ2v) is 3.54. The van der Waals surface area contributed by atoms with E-state index in [1.165, 1.54) is 0 Å². The summed E-state index contributed by atoms with van der Waals surface area (Å²) in [6, 6.07) is -0.522. The van der Waals surface area contributed by atoms with E-state index in [-0.39, 0.29) is 13.1 Å². The molecule has 0 aromatic carbocycles. The summed E-state index contributed by atoms with van der Waals surface area (Å²) in [6.45, 7) is 0.822. The topological polar surface area (TPSA) is 57.7 Å². The van der Waals surface area contributed by atoms with Gasteiger partial charge in [0.1, 0.15) is 6.67 Å². The predicted molar refractivity (Wildman–Crippen MR) is 50.1 cm³/mol. The molecule has 1 aliphatic rings. The van der Waals surface area contributed by atoms with Crippen molar-refractivity contribution in [1.82, 2.24) is 9.80 Å². The van der Waals surface area contributed by atoms with Crippen LogP contribution in [0.4, 0.5) is 9.18 Å². The Morgan fingerprint density at radius 3 is 2.60 bits per heavy atom. The molecule has 3 amide bonds. The summed E-state index contributed by atoms with van der Waals surface area (Å²) in [4.78, 5) is 35.3. The van der Waals surface area contributed by atoms with Gasteiger partial charge in [0.25, 0.3) is 0 Å². The Morgan fingerprint density at radius 1 is 1.53 bits per heavy atom. The van der Waals surface area contributed by atoms with Gasteiger partial charge >= 0.3 is 17.2 Å². The minimum absolute atomic E-state index is 0.118. The Balaban J connectivity index is 2.84. The number of imide groups is 1. The second kappa shape index (κ2) is 4.57. The van der Waals surface area contributed by atoms with Crippen LogP contribution in [0.5, 0.6) is 0 Å². The third-order valence-corrected chi connectivity index (χ3v) is 2.34.